The van der Waals surface area contributed by atoms with Gasteiger partial charge >= 0.3 is 0 Å². The number of H-pyrrole nitrogens is 1. The lowest BCUT2D eigenvalue weighted by molar-refractivity contribution is 0.375. The molecule has 1 fully saturated rings. The summed E-state index contributed by atoms with van der Waals surface area (Å²) in [4.78, 5) is 10.3. The first-order chi connectivity index (χ1) is 10.6. The Kier molecular flexibility index (Phi) is 6.25. The number of aromatic nitrogens is 1. The molecule has 1 saturated heterocycles. The molecule has 0 saturated carbocycles. The fourth-order valence-corrected chi connectivity index (χ4v) is 4.04. The smallest absolute Gasteiger partial charge is 0.194 e. The normalized spacial score (nSPS) is 17.9. The number of fused-ring (bicyclic) bond motifs is 1. The van der Waals surface area contributed by atoms with Crippen LogP contribution in [0.25, 0.3) is 10.9 Å². The molecular weight excluding hydrogens is 419 g/mol. The molecule has 2 N–H and O–H groups in total. The van der Waals surface area contributed by atoms with Crippen LogP contribution in [-0.2, 0) is 6.54 Å². The van der Waals surface area contributed by atoms with Gasteiger partial charge < -0.3 is 15.2 Å². The van der Waals surface area contributed by atoms with Gasteiger partial charge in [0.1, 0.15) is 0 Å². The molecule has 0 bridgehead atoms. The Morgan fingerprint density at radius 3 is 2.87 bits per heavy atom. The molecule has 23 heavy (non-hydrogen) atoms. The molecule has 2 heterocycles. The first kappa shape index (κ1) is 18.4. The van der Waals surface area contributed by atoms with Gasteiger partial charge in [0.15, 0.2) is 5.96 Å². The monoisotopic (exact) mass is 444 g/mol. The Morgan fingerprint density at radius 2 is 2.17 bits per heavy atom. The summed E-state index contributed by atoms with van der Waals surface area (Å²) in [6.07, 6.45) is 0. The largest absolute Gasteiger partial charge is 0.357 e. The fourth-order valence-electron chi connectivity index (χ4n) is 2.93. The molecule has 4 nitrogen and oxygen atoms in total. The SMILES string of the molecule is CN=C(NCc1cc2ccccc2[nH]1)N1CCSC(C)(C)C1.I. The van der Waals surface area contributed by atoms with E-state index in [1.807, 2.05) is 18.8 Å². The van der Waals surface area contributed by atoms with Gasteiger partial charge in [0.05, 0.1) is 6.54 Å². The van der Waals surface area contributed by atoms with E-state index in [0.717, 1.165) is 31.3 Å². The lowest BCUT2D eigenvalue weighted by Gasteiger charge is -2.39. The minimum atomic E-state index is 0. The van der Waals surface area contributed by atoms with Crippen LogP contribution in [-0.4, -0.2) is 46.5 Å². The third-order valence-corrected chi connectivity index (χ3v) is 5.26. The van der Waals surface area contributed by atoms with Gasteiger partial charge in [-0.25, -0.2) is 0 Å². The van der Waals surface area contributed by atoms with E-state index in [9.17, 15) is 0 Å². The molecule has 0 spiro atoms. The van der Waals surface area contributed by atoms with Crippen LogP contribution in [0.5, 0.6) is 0 Å². The van der Waals surface area contributed by atoms with Gasteiger partial charge in [0.2, 0.25) is 0 Å². The molecule has 6 heteroatoms. The van der Waals surface area contributed by atoms with Gasteiger partial charge in [-0.1, -0.05) is 18.2 Å². The van der Waals surface area contributed by atoms with Crippen molar-refractivity contribution in [2.24, 2.45) is 4.99 Å². The molecular formula is C17H25IN4S. The highest BCUT2D eigenvalue weighted by molar-refractivity contribution is 14.0. The first-order valence-electron chi connectivity index (χ1n) is 7.74. The number of thioether (sulfide) groups is 1. The van der Waals surface area contributed by atoms with Crippen LogP contribution in [0.4, 0.5) is 0 Å². The van der Waals surface area contributed by atoms with Crippen molar-refractivity contribution in [1.29, 1.82) is 0 Å². The molecule has 1 aliphatic rings. The zero-order valence-electron chi connectivity index (χ0n) is 13.9. The number of hydrogen-bond donors (Lipinski definition) is 2. The molecule has 0 amide bonds. The van der Waals surface area contributed by atoms with E-state index in [1.54, 1.807) is 0 Å². The summed E-state index contributed by atoms with van der Waals surface area (Å²) in [6, 6.07) is 10.6. The summed E-state index contributed by atoms with van der Waals surface area (Å²) in [6.45, 7) is 7.46. The summed E-state index contributed by atoms with van der Waals surface area (Å²) < 4.78 is 0.289. The summed E-state index contributed by atoms with van der Waals surface area (Å²) in [5.74, 6) is 2.15. The molecule has 3 rings (SSSR count). The number of halogens is 1. The molecule has 0 radical (unpaired) electrons. The van der Waals surface area contributed by atoms with Crippen LogP contribution < -0.4 is 5.32 Å². The van der Waals surface area contributed by atoms with Crippen LogP contribution in [0, 0.1) is 0 Å². The van der Waals surface area contributed by atoms with Gasteiger partial charge in [0.25, 0.3) is 0 Å². The molecule has 1 aromatic heterocycles. The van der Waals surface area contributed by atoms with Crippen molar-refractivity contribution in [3.63, 3.8) is 0 Å². The van der Waals surface area contributed by atoms with Crippen LogP contribution in [0.3, 0.4) is 0 Å². The van der Waals surface area contributed by atoms with Crippen molar-refractivity contribution in [3.8, 4) is 0 Å². The van der Waals surface area contributed by atoms with E-state index in [4.69, 9.17) is 0 Å². The lowest BCUT2D eigenvalue weighted by atomic mass is 10.2. The Morgan fingerprint density at radius 1 is 1.39 bits per heavy atom. The van der Waals surface area contributed by atoms with Gasteiger partial charge in [-0.15, -0.1) is 24.0 Å². The Labute approximate surface area is 159 Å². The first-order valence-corrected chi connectivity index (χ1v) is 8.72. The van der Waals surface area contributed by atoms with Gasteiger partial charge in [-0.05, 0) is 31.4 Å². The second-order valence-electron chi connectivity index (χ2n) is 6.31. The third kappa shape index (κ3) is 4.56. The van der Waals surface area contributed by atoms with Crippen molar-refractivity contribution in [3.05, 3.63) is 36.0 Å². The molecule has 0 atom stereocenters. The molecule has 0 aliphatic carbocycles. The quantitative estimate of drug-likeness (QED) is 0.422. The number of aliphatic imine (C=N–C) groups is 1. The summed E-state index contributed by atoms with van der Waals surface area (Å²) in [7, 11) is 1.86. The van der Waals surface area contributed by atoms with E-state index < -0.39 is 0 Å². The van der Waals surface area contributed by atoms with Crippen molar-refractivity contribution in [1.82, 2.24) is 15.2 Å². The van der Waals surface area contributed by atoms with Crippen LogP contribution >= 0.6 is 35.7 Å². The Balaban J connectivity index is 0.00000192. The Hall–Kier alpha value is -0.890. The van der Waals surface area contributed by atoms with E-state index in [0.29, 0.717) is 0 Å². The second kappa shape index (κ2) is 7.79. The van der Waals surface area contributed by atoms with Gasteiger partial charge in [0, 0.05) is 41.8 Å². The molecule has 126 valence electrons. The fraction of sp³-hybridized carbons (Fsp3) is 0.471. The minimum absolute atomic E-state index is 0. The van der Waals surface area contributed by atoms with Crippen molar-refractivity contribution in [2.45, 2.75) is 25.1 Å². The predicted molar refractivity (Wildman–Crippen MR) is 112 cm³/mol. The Bertz CT molecular complexity index is 647. The van der Waals surface area contributed by atoms with Crippen LogP contribution in [0.15, 0.2) is 35.3 Å². The van der Waals surface area contributed by atoms with E-state index in [1.165, 1.54) is 16.6 Å². The highest BCUT2D eigenvalue weighted by Crippen LogP contribution is 2.29. The number of hydrogen-bond acceptors (Lipinski definition) is 2. The maximum Gasteiger partial charge on any atom is 0.194 e. The zero-order valence-corrected chi connectivity index (χ0v) is 17.1. The summed E-state index contributed by atoms with van der Waals surface area (Å²) in [5.41, 5.74) is 2.37. The van der Waals surface area contributed by atoms with E-state index in [2.05, 4.69) is 64.4 Å². The lowest BCUT2D eigenvalue weighted by Crippen LogP contribution is -2.50. The van der Waals surface area contributed by atoms with Crippen molar-refractivity contribution >= 4 is 52.6 Å². The van der Waals surface area contributed by atoms with E-state index >= 15 is 0 Å². The number of nitrogens with one attached hydrogen (secondary N) is 2. The number of nitrogens with zero attached hydrogens (tertiary/aromatic N) is 2. The minimum Gasteiger partial charge on any atom is -0.357 e. The number of rotatable bonds is 2. The van der Waals surface area contributed by atoms with Crippen LogP contribution in [0.1, 0.15) is 19.5 Å². The highest BCUT2D eigenvalue weighted by Gasteiger charge is 2.28. The number of benzene rings is 1. The van der Waals surface area contributed by atoms with E-state index in [-0.39, 0.29) is 28.7 Å². The average molecular weight is 444 g/mol. The maximum atomic E-state index is 4.45. The summed E-state index contributed by atoms with van der Waals surface area (Å²) >= 11 is 2.04. The van der Waals surface area contributed by atoms with Crippen LogP contribution in [0.2, 0.25) is 0 Å². The molecule has 1 aliphatic heterocycles. The molecule has 2 aromatic rings. The van der Waals surface area contributed by atoms with Gasteiger partial charge in [-0.3, -0.25) is 4.99 Å². The standard InChI is InChI=1S/C17H24N4S.HI/c1-17(2)12-21(8-9-22-17)16(18-3)19-11-14-10-13-6-4-5-7-15(13)20-14;/h4-7,10,20H,8-9,11-12H2,1-3H3,(H,18,19);1H. The number of guanidine groups is 1. The molecule has 1 aromatic carbocycles. The average Bonchev–Trinajstić information content (AvgIpc) is 2.89. The predicted octanol–water partition coefficient (Wildman–Crippen LogP) is 3.69. The second-order valence-corrected chi connectivity index (χ2v) is 8.11. The number of aromatic amines is 1. The van der Waals surface area contributed by atoms with Gasteiger partial charge in [-0.2, -0.15) is 11.8 Å². The van der Waals surface area contributed by atoms with Crippen molar-refractivity contribution in [2.75, 3.05) is 25.9 Å². The number of para-hydroxylation sites is 1. The van der Waals surface area contributed by atoms with Crippen molar-refractivity contribution < 1.29 is 0 Å². The zero-order chi connectivity index (χ0) is 15.6. The maximum absolute atomic E-state index is 4.45. The topological polar surface area (TPSA) is 43.4 Å². The highest BCUT2D eigenvalue weighted by atomic mass is 127. The third-order valence-electron chi connectivity index (χ3n) is 3.96. The molecule has 0 unspecified atom stereocenters. The summed E-state index contributed by atoms with van der Waals surface area (Å²) in [5, 5.41) is 4.74.